The van der Waals surface area contributed by atoms with Gasteiger partial charge >= 0.3 is 0 Å². The lowest BCUT2D eigenvalue weighted by Crippen LogP contribution is -2.19. The minimum absolute atomic E-state index is 0.0197. The molecule has 0 aliphatic heterocycles. The summed E-state index contributed by atoms with van der Waals surface area (Å²) in [5, 5.41) is 8.01. The molecule has 0 radical (unpaired) electrons. The van der Waals surface area contributed by atoms with Crippen LogP contribution in [0.2, 0.25) is 5.02 Å². The molecule has 1 aromatic heterocycles. The highest BCUT2D eigenvalue weighted by molar-refractivity contribution is 6.30. The van der Waals surface area contributed by atoms with Crippen molar-refractivity contribution < 1.29 is 4.79 Å². The molecule has 1 N–H and O–H groups in total. The molecule has 0 spiro atoms. The first-order valence-corrected chi connectivity index (χ1v) is 7.33. The molecule has 0 saturated heterocycles. The number of carbonyl (C=O) groups is 1. The lowest BCUT2D eigenvalue weighted by Gasteiger charge is -2.15. The molecule has 1 amide bonds. The highest BCUT2D eigenvalue weighted by atomic mass is 35.5. The Kier molecular flexibility index (Phi) is 4.68. The second-order valence-corrected chi connectivity index (χ2v) is 5.87. The van der Waals surface area contributed by atoms with Gasteiger partial charge in [-0.2, -0.15) is 5.10 Å². The number of nitrogens with zero attached hydrogens (tertiary/aromatic N) is 2. The maximum Gasteiger partial charge on any atom is 0.226 e. The molecule has 112 valence electrons. The molecule has 2 aromatic rings. The van der Waals surface area contributed by atoms with Crippen molar-refractivity contribution in [3.8, 4) is 0 Å². The standard InChI is InChI=1S/C16H20ClN3O/c1-10-7-14(17)5-6-15(10)18-16(21)9-13(4)20-12(3)8-11(2)19-20/h5-8,13H,9H2,1-4H3,(H,18,21)/t13-/m1/s1. The number of anilines is 1. The minimum Gasteiger partial charge on any atom is -0.326 e. The maximum absolute atomic E-state index is 12.2. The van der Waals surface area contributed by atoms with Crippen LogP contribution < -0.4 is 5.32 Å². The van der Waals surface area contributed by atoms with Crippen LogP contribution in [0.1, 0.15) is 36.3 Å². The number of carbonyl (C=O) groups excluding carboxylic acids is 1. The van der Waals surface area contributed by atoms with Crippen molar-refractivity contribution in [2.24, 2.45) is 0 Å². The second kappa shape index (κ2) is 6.31. The van der Waals surface area contributed by atoms with E-state index in [4.69, 9.17) is 11.6 Å². The van der Waals surface area contributed by atoms with Gasteiger partial charge in [-0.25, -0.2) is 0 Å². The summed E-state index contributed by atoms with van der Waals surface area (Å²) in [7, 11) is 0. The molecule has 0 aliphatic carbocycles. The van der Waals surface area contributed by atoms with Crippen LogP contribution in [0.25, 0.3) is 0 Å². The monoisotopic (exact) mass is 305 g/mol. The van der Waals surface area contributed by atoms with Gasteiger partial charge in [-0.1, -0.05) is 11.6 Å². The van der Waals surface area contributed by atoms with E-state index in [9.17, 15) is 4.79 Å². The van der Waals surface area contributed by atoms with Gasteiger partial charge in [-0.3, -0.25) is 9.48 Å². The molecule has 1 atom stereocenters. The summed E-state index contributed by atoms with van der Waals surface area (Å²) in [5.74, 6) is -0.0273. The second-order valence-electron chi connectivity index (χ2n) is 5.43. The topological polar surface area (TPSA) is 46.9 Å². The quantitative estimate of drug-likeness (QED) is 0.926. The fourth-order valence-electron chi connectivity index (χ4n) is 2.42. The number of hydrogen-bond donors (Lipinski definition) is 1. The van der Waals surface area contributed by atoms with Gasteiger partial charge in [-0.05, 0) is 57.5 Å². The van der Waals surface area contributed by atoms with E-state index in [1.807, 2.05) is 50.6 Å². The molecule has 1 heterocycles. The number of rotatable bonds is 4. The number of halogens is 1. The zero-order valence-electron chi connectivity index (χ0n) is 12.8. The van der Waals surface area contributed by atoms with Gasteiger partial charge < -0.3 is 5.32 Å². The molecule has 5 heteroatoms. The van der Waals surface area contributed by atoms with Crippen molar-refractivity contribution in [3.05, 3.63) is 46.2 Å². The van der Waals surface area contributed by atoms with Crippen LogP contribution in [-0.4, -0.2) is 15.7 Å². The normalized spacial score (nSPS) is 12.2. The molecule has 0 unspecified atom stereocenters. The van der Waals surface area contributed by atoms with E-state index < -0.39 is 0 Å². The van der Waals surface area contributed by atoms with Crippen molar-refractivity contribution in [1.29, 1.82) is 0 Å². The molecular formula is C16H20ClN3O. The first-order valence-electron chi connectivity index (χ1n) is 6.95. The van der Waals surface area contributed by atoms with E-state index in [0.29, 0.717) is 11.4 Å². The number of benzene rings is 1. The summed E-state index contributed by atoms with van der Waals surface area (Å²) >= 11 is 5.91. The van der Waals surface area contributed by atoms with Gasteiger partial charge in [-0.15, -0.1) is 0 Å². The zero-order valence-corrected chi connectivity index (χ0v) is 13.5. The Labute approximate surface area is 130 Å². The molecule has 0 bridgehead atoms. The van der Waals surface area contributed by atoms with Crippen molar-refractivity contribution in [2.75, 3.05) is 5.32 Å². The first-order chi connectivity index (χ1) is 9.86. The van der Waals surface area contributed by atoms with Crippen LogP contribution in [0.4, 0.5) is 5.69 Å². The summed E-state index contributed by atoms with van der Waals surface area (Å²) in [6, 6.07) is 7.46. The molecule has 21 heavy (non-hydrogen) atoms. The smallest absolute Gasteiger partial charge is 0.226 e. The van der Waals surface area contributed by atoms with Gasteiger partial charge in [0.05, 0.1) is 11.7 Å². The van der Waals surface area contributed by atoms with Crippen LogP contribution in [0.15, 0.2) is 24.3 Å². The summed E-state index contributed by atoms with van der Waals surface area (Å²) in [5.41, 5.74) is 3.78. The largest absolute Gasteiger partial charge is 0.326 e. The molecule has 0 aliphatic rings. The number of amides is 1. The van der Waals surface area contributed by atoms with Gasteiger partial charge in [0.25, 0.3) is 0 Å². The molecular weight excluding hydrogens is 286 g/mol. The Balaban J connectivity index is 2.03. The third kappa shape index (κ3) is 3.85. The number of hydrogen-bond acceptors (Lipinski definition) is 2. The molecule has 0 saturated carbocycles. The lowest BCUT2D eigenvalue weighted by atomic mass is 10.1. The Bertz CT molecular complexity index is 664. The van der Waals surface area contributed by atoms with Crippen LogP contribution in [0.5, 0.6) is 0 Å². The number of aromatic nitrogens is 2. The molecule has 4 nitrogen and oxygen atoms in total. The zero-order chi connectivity index (χ0) is 15.6. The molecule has 2 rings (SSSR count). The van der Waals surface area contributed by atoms with Crippen LogP contribution >= 0.6 is 11.6 Å². The summed E-state index contributed by atoms with van der Waals surface area (Å²) in [6.07, 6.45) is 0.379. The van der Waals surface area contributed by atoms with Crippen molar-refractivity contribution in [3.63, 3.8) is 0 Å². The minimum atomic E-state index is -0.0273. The number of nitrogens with one attached hydrogen (secondary N) is 1. The summed E-state index contributed by atoms with van der Waals surface area (Å²) < 4.78 is 1.89. The van der Waals surface area contributed by atoms with E-state index in [-0.39, 0.29) is 11.9 Å². The van der Waals surface area contributed by atoms with E-state index in [2.05, 4.69) is 10.4 Å². The highest BCUT2D eigenvalue weighted by Gasteiger charge is 2.14. The Hall–Kier alpha value is -1.81. The van der Waals surface area contributed by atoms with E-state index in [1.54, 1.807) is 6.07 Å². The van der Waals surface area contributed by atoms with Gasteiger partial charge in [0.15, 0.2) is 0 Å². The highest BCUT2D eigenvalue weighted by Crippen LogP contribution is 2.21. The Morgan fingerprint density at radius 2 is 2.05 bits per heavy atom. The summed E-state index contributed by atoms with van der Waals surface area (Å²) in [4.78, 5) is 12.2. The third-order valence-corrected chi connectivity index (χ3v) is 3.64. The van der Waals surface area contributed by atoms with Crippen molar-refractivity contribution in [2.45, 2.75) is 40.2 Å². The van der Waals surface area contributed by atoms with E-state index in [1.165, 1.54) is 0 Å². The van der Waals surface area contributed by atoms with Gasteiger partial charge in [0.1, 0.15) is 0 Å². The van der Waals surface area contributed by atoms with E-state index >= 15 is 0 Å². The van der Waals surface area contributed by atoms with E-state index in [0.717, 1.165) is 22.6 Å². The van der Waals surface area contributed by atoms with Gasteiger partial charge in [0, 0.05) is 22.8 Å². The van der Waals surface area contributed by atoms with Crippen molar-refractivity contribution >= 4 is 23.2 Å². The predicted molar refractivity (Wildman–Crippen MR) is 85.8 cm³/mol. The average molecular weight is 306 g/mol. The maximum atomic E-state index is 12.2. The molecule has 0 fully saturated rings. The van der Waals surface area contributed by atoms with Crippen LogP contribution in [0, 0.1) is 20.8 Å². The first kappa shape index (κ1) is 15.6. The molecule has 1 aromatic carbocycles. The van der Waals surface area contributed by atoms with Crippen LogP contribution in [0.3, 0.4) is 0 Å². The third-order valence-electron chi connectivity index (χ3n) is 3.41. The summed E-state index contributed by atoms with van der Waals surface area (Å²) in [6.45, 7) is 7.87. The average Bonchev–Trinajstić information content (AvgIpc) is 2.72. The SMILES string of the molecule is Cc1cc(C)n([C@H](C)CC(=O)Nc2ccc(Cl)cc2C)n1. The fraction of sp³-hybridized carbons (Fsp3) is 0.375. The van der Waals surface area contributed by atoms with Crippen LogP contribution in [-0.2, 0) is 4.79 Å². The van der Waals surface area contributed by atoms with Gasteiger partial charge in [0.2, 0.25) is 5.91 Å². The Morgan fingerprint density at radius 1 is 1.33 bits per heavy atom. The fourth-order valence-corrected chi connectivity index (χ4v) is 2.64. The lowest BCUT2D eigenvalue weighted by molar-refractivity contribution is -0.116. The van der Waals surface area contributed by atoms with Crippen molar-refractivity contribution in [1.82, 2.24) is 9.78 Å². The number of aryl methyl sites for hydroxylation is 3. The predicted octanol–water partition coefficient (Wildman–Crippen LogP) is 4.05. The Morgan fingerprint density at radius 3 is 2.62 bits per heavy atom.